The number of aliphatic imine (C=N–C) groups is 2. The Labute approximate surface area is 194 Å². The molecular formula is C23H23BrClN3OS. The molecule has 2 aromatic rings. The van der Waals surface area contributed by atoms with Gasteiger partial charge in [-0.05, 0) is 68.0 Å². The Balaban J connectivity index is 1.50. The van der Waals surface area contributed by atoms with Gasteiger partial charge in [-0.1, -0.05) is 58.3 Å². The van der Waals surface area contributed by atoms with Gasteiger partial charge in [0.1, 0.15) is 5.04 Å². The maximum absolute atomic E-state index is 12.5. The summed E-state index contributed by atoms with van der Waals surface area (Å²) in [6, 6.07) is 15.3. The van der Waals surface area contributed by atoms with E-state index < -0.39 is 0 Å². The van der Waals surface area contributed by atoms with Crippen molar-refractivity contribution < 1.29 is 4.79 Å². The number of thioether (sulfide) groups is 1. The van der Waals surface area contributed by atoms with Crippen LogP contribution in [0.15, 0.2) is 63.0 Å². The van der Waals surface area contributed by atoms with Crippen molar-refractivity contribution in [2.45, 2.75) is 38.3 Å². The second-order valence-electron chi connectivity index (χ2n) is 7.89. The molecule has 1 amide bonds. The Bertz CT molecular complexity index is 981. The fraction of sp³-hybridized carbons (Fsp3) is 0.348. The molecule has 156 valence electrons. The van der Waals surface area contributed by atoms with Crippen molar-refractivity contribution in [3.8, 4) is 0 Å². The number of halogens is 2. The van der Waals surface area contributed by atoms with Crippen LogP contribution in [0.25, 0.3) is 0 Å². The summed E-state index contributed by atoms with van der Waals surface area (Å²) in [6.07, 6.45) is 4.20. The fourth-order valence-corrected chi connectivity index (χ4v) is 5.00. The summed E-state index contributed by atoms with van der Waals surface area (Å²) >= 11 is 10.9. The van der Waals surface area contributed by atoms with E-state index in [-0.39, 0.29) is 17.3 Å². The number of hydrogen-bond donors (Lipinski definition) is 1. The second-order valence-corrected chi connectivity index (χ2v) is 10.2. The van der Waals surface area contributed by atoms with Gasteiger partial charge in [-0.25, -0.2) is 4.99 Å². The number of amides is 1. The maximum Gasteiger partial charge on any atom is 0.234 e. The van der Waals surface area contributed by atoms with Gasteiger partial charge in [-0.2, -0.15) is 0 Å². The molecule has 1 aliphatic heterocycles. The molecule has 2 aromatic carbocycles. The monoisotopic (exact) mass is 503 g/mol. The highest BCUT2D eigenvalue weighted by molar-refractivity contribution is 9.10. The molecule has 0 radical (unpaired) electrons. The van der Waals surface area contributed by atoms with Crippen LogP contribution in [0, 0.1) is 5.92 Å². The molecule has 7 heteroatoms. The standard InChI is InChI=1S/C23H23BrClN3OS/c1-15-10-12-23(13-11-15)27-21(16-2-4-17(24)5-3-16)22(28-23)30-14-20(29)26-19-8-6-18(25)7-9-19/h2-9,15H,10-14H2,1H3,(H,26,29). The summed E-state index contributed by atoms with van der Waals surface area (Å²) < 4.78 is 1.03. The molecule has 1 heterocycles. The predicted octanol–water partition coefficient (Wildman–Crippen LogP) is 6.58. The lowest BCUT2D eigenvalue weighted by Crippen LogP contribution is -2.28. The first kappa shape index (κ1) is 21.6. The lowest BCUT2D eigenvalue weighted by molar-refractivity contribution is -0.113. The Morgan fingerprint density at radius 2 is 1.80 bits per heavy atom. The zero-order valence-electron chi connectivity index (χ0n) is 16.7. The van der Waals surface area contributed by atoms with Crippen LogP contribution < -0.4 is 5.32 Å². The van der Waals surface area contributed by atoms with E-state index >= 15 is 0 Å². The number of nitrogens with zero attached hydrogens (tertiary/aromatic N) is 2. The van der Waals surface area contributed by atoms with Crippen LogP contribution in [0.5, 0.6) is 0 Å². The van der Waals surface area contributed by atoms with Crippen LogP contribution in [0.4, 0.5) is 5.69 Å². The van der Waals surface area contributed by atoms with E-state index in [0.717, 1.165) is 58.1 Å². The Morgan fingerprint density at radius 1 is 1.13 bits per heavy atom. The molecule has 1 spiro atoms. The average Bonchev–Trinajstić information content (AvgIpc) is 3.09. The number of anilines is 1. The van der Waals surface area contributed by atoms with Gasteiger partial charge in [0.25, 0.3) is 0 Å². The van der Waals surface area contributed by atoms with E-state index in [0.29, 0.717) is 5.02 Å². The lowest BCUT2D eigenvalue weighted by atomic mass is 9.83. The minimum atomic E-state index is -0.357. The number of hydrogen-bond acceptors (Lipinski definition) is 4. The molecule has 0 atom stereocenters. The first-order valence-electron chi connectivity index (χ1n) is 10.1. The van der Waals surface area contributed by atoms with Gasteiger partial charge < -0.3 is 5.32 Å². The molecule has 1 fully saturated rings. The highest BCUT2D eigenvalue weighted by atomic mass is 79.9. The zero-order valence-corrected chi connectivity index (χ0v) is 19.9. The molecule has 1 saturated carbocycles. The lowest BCUT2D eigenvalue weighted by Gasteiger charge is -2.30. The third-order valence-electron chi connectivity index (χ3n) is 5.49. The van der Waals surface area contributed by atoms with Gasteiger partial charge in [0.15, 0.2) is 5.66 Å². The maximum atomic E-state index is 12.5. The van der Waals surface area contributed by atoms with Crippen molar-refractivity contribution in [1.82, 2.24) is 0 Å². The molecule has 4 rings (SSSR count). The third-order valence-corrected chi connectivity index (χ3v) is 7.24. The van der Waals surface area contributed by atoms with E-state index in [1.165, 1.54) is 11.8 Å². The van der Waals surface area contributed by atoms with Gasteiger partial charge in [0.05, 0.1) is 11.5 Å². The number of nitrogens with one attached hydrogen (secondary N) is 1. The van der Waals surface area contributed by atoms with Crippen LogP contribution in [0.2, 0.25) is 5.02 Å². The molecule has 1 N–H and O–H groups in total. The van der Waals surface area contributed by atoms with E-state index in [4.69, 9.17) is 21.6 Å². The highest BCUT2D eigenvalue weighted by Crippen LogP contribution is 2.40. The van der Waals surface area contributed by atoms with E-state index in [1.807, 2.05) is 12.1 Å². The molecule has 2 aliphatic rings. The Kier molecular flexibility index (Phi) is 6.66. The number of carbonyl (C=O) groups excluding carboxylic acids is 1. The van der Waals surface area contributed by atoms with Crippen LogP contribution in [-0.4, -0.2) is 28.1 Å². The van der Waals surface area contributed by atoms with Crippen molar-refractivity contribution in [1.29, 1.82) is 0 Å². The summed E-state index contributed by atoms with van der Waals surface area (Å²) in [5.41, 5.74) is 2.32. The van der Waals surface area contributed by atoms with Crippen LogP contribution >= 0.6 is 39.3 Å². The summed E-state index contributed by atoms with van der Waals surface area (Å²) in [7, 11) is 0. The summed E-state index contributed by atoms with van der Waals surface area (Å²) in [6.45, 7) is 2.29. The van der Waals surface area contributed by atoms with Gasteiger partial charge >= 0.3 is 0 Å². The smallest absolute Gasteiger partial charge is 0.234 e. The number of benzene rings is 2. The van der Waals surface area contributed by atoms with E-state index in [9.17, 15) is 4.79 Å². The number of carbonyl (C=O) groups is 1. The quantitative estimate of drug-likeness (QED) is 0.511. The topological polar surface area (TPSA) is 53.8 Å². The van der Waals surface area contributed by atoms with Crippen LogP contribution in [0.3, 0.4) is 0 Å². The summed E-state index contributed by atoms with van der Waals surface area (Å²) in [4.78, 5) is 22.6. The molecule has 1 aliphatic carbocycles. The fourth-order valence-electron chi connectivity index (χ4n) is 3.73. The molecule has 0 aromatic heterocycles. The van der Waals surface area contributed by atoms with Gasteiger partial charge in [-0.3, -0.25) is 9.79 Å². The SMILES string of the molecule is CC1CCC2(CC1)N=C(SCC(=O)Nc1ccc(Cl)cc1)C(c1ccc(Br)cc1)=N2. The molecule has 30 heavy (non-hydrogen) atoms. The predicted molar refractivity (Wildman–Crippen MR) is 131 cm³/mol. The molecule has 0 saturated heterocycles. The summed E-state index contributed by atoms with van der Waals surface area (Å²) in [5, 5.41) is 4.42. The molecular weight excluding hydrogens is 482 g/mol. The molecule has 4 nitrogen and oxygen atoms in total. The minimum absolute atomic E-state index is 0.0709. The van der Waals surface area contributed by atoms with Crippen LogP contribution in [0.1, 0.15) is 38.2 Å². The van der Waals surface area contributed by atoms with Crippen molar-refractivity contribution in [2.75, 3.05) is 11.1 Å². The van der Waals surface area contributed by atoms with Gasteiger partial charge in [0, 0.05) is 20.7 Å². The largest absolute Gasteiger partial charge is 0.325 e. The van der Waals surface area contributed by atoms with Crippen LogP contribution in [-0.2, 0) is 4.79 Å². The van der Waals surface area contributed by atoms with Gasteiger partial charge in [0.2, 0.25) is 5.91 Å². The van der Waals surface area contributed by atoms with Crippen molar-refractivity contribution in [3.63, 3.8) is 0 Å². The van der Waals surface area contributed by atoms with Crippen molar-refractivity contribution in [3.05, 3.63) is 63.6 Å². The molecule has 0 unspecified atom stereocenters. The molecule has 0 bridgehead atoms. The Hall–Kier alpha value is -1.63. The Morgan fingerprint density at radius 3 is 2.47 bits per heavy atom. The first-order valence-corrected chi connectivity index (χ1v) is 12.2. The first-order chi connectivity index (χ1) is 14.4. The van der Waals surface area contributed by atoms with E-state index in [1.54, 1.807) is 24.3 Å². The van der Waals surface area contributed by atoms with Gasteiger partial charge in [-0.15, -0.1) is 0 Å². The summed E-state index contributed by atoms with van der Waals surface area (Å²) in [5.74, 6) is 0.932. The second kappa shape index (κ2) is 9.25. The average molecular weight is 505 g/mol. The van der Waals surface area contributed by atoms with Crippen molar-refractivity contribution in [2.24, 2.45) is 15.9 Å². The van der Waals surface area contributed by atoms with Crippen molar-refractivity contribution >= 4 is 61.6 Å². The third kappa shape index (κ3) is 5.16. The normalized spacial score (nSPS) is 23.2. The minimum Gasteiger partial charge on any atom is -0.325 e. The number of rotatable bonds is 4. The van der Waals surface area contributed by atoms with E-state index in [2.05, 4.69) is 40.3 Å². The highest BCUT2D eigenvalue weighted by Gasteiger charge is 2.39. The zero-order chi connectivity index (χ0) is 21.1.